The van der Waals surface area contributed by atoms with Crippen LogP contribution in [0.1, 0.15) is 18.4 Å². The van der Waals surface area contributed by atoms with Crippen molar-refractivity contribution in [3.05, 3.63) is 17.8 Å². The van der Waals surface area contributed by atoms with Crippen LogP contribution in [0.15, 0.2) is 12.3 Å². The van der Waals surface area contributed by atoms with Gasteiger partial charge in [0, 0.05) is 12.7 Å². The molecule has 2 rings (SSSR count). The number of aromatic nitrogens is 1. The van der Waals surface area contributed by atoms with Crippen molar-refractivity contribution in [3.63, 3.8) is 0 Å². The maximum Gasteiger partial charge on any atom is 0.106 e. The zero-order valence-electron chi connectivity index (χ0n) is 5.98. The molecule has 1 aliphatic heterocycles. The molecule has 0 unspecified atom stereocenters. The molecule has 2 heteroatoms. The van der Waals surface area contributed by atoms with Gasteiger partial charge in [-0.1, -0.05) is 0 Å². The summed E-state index contributed by atoms with van der Waals surface area (Å²) in [6.45, 7) is 1.12. The van der Waals surface area contributed by atoms with Gasteiger partial charge in [0.15, 0.2) is 0 Å². The highest BCUT2D eigenvalue weighted by atomic mass is 15.0. The summed E-state index contributed by atoms with van der Waals surface area (Å²) in [4.78, 5) is 3.19. The summed E-state index contributed by atoms with van der Waals surface area (Å²) in [6, 6.07) is 2.16. The summed E-state index contributed by atoms with van der Waals surface area (Å²) in [5.41, 5.74) is 1.44. The molecule has 0 aliphatic carbocycles. The molecule has 0 amide bonds. The standard InChI is InChI=1S/C8H12N2/c1-2-5-9-8-7(3-1)4-6-10-8/h4,6,9-10H,1-3,5H2. The first-order chi connectivity index (χ1) is 4.97. The van der Waals surface area contributed by atoms with Gasteiger partial charge in [0.2, 0.25) is 0 Å². The van der Waals surface area contributed by atoms with Gasteiger partial charge < -0.3 is 10.3 Å². The van der Waals surface area contributed by atoms with Gasteiger partial charge in [-0.3, -0.25) is 0 Å². The van der Waals surface area contributed by atoms with Crippen LogP contribution in [-0.2, 0) is 6.42 Å². The van der Waals surface area contributed by atoms with Crippen LogP contribution in [0.5, 0.6) is 0 Å². The third-order valence-electron chi connectivity index (χ3n) is 2.01. The monoisotopic (exact) mass is 136 g/mol. The minimum absolute atomic E-state index is 1.12. The summed E-state index contributed by atoms with van der Waals surface area (Å²) in [5.74, 6) is 1.23. The van der Waals surface area contributed by atoms with E-state index in [4.69, 9.17) is 0 Å². The first-order valence-corrected chi connectivity index (χ1v) is 3.87. The van der Waals surface area contributed by atoms with E-state index in [9.17, 15) is 0 Å². The molecule has 2 nitrogen and oxygen atoms in total. The molecule has 0 aromatic carbocycles. The Bertz CT molecular complexity index is 194. The fraction of sp³-hybridized carbons (Fsp3) is 0.500. The van der Waals surface area contributed by atoms with Gasteiger partial charge in [-0.05, 0) is 30.9 Å². The highest BCUT2D eigenvalue weighted by molar-refractivity contribution is 5.45. The molecule has 0 atom stereocenters. The molecule has 0 fully saturated rings. The lowest BCUT2D eigenvalue weighted by molar-refractivity contribution is 0.785. The zero-order chi connectivity index (χ0) is 6.81. The fourth-order valence-corrected chi connectivity index (χ4v) is 1.43. The number of H-pyrrole nitrogens is 1. The number of anilines is 1. The number of fused-ring (bicyclic) bond motifs is 1. The van der Waals surface area contributed by atoms with Crippen LogP contribution >= 0.6 is 0 Å². The van der Waals surface area contributed by atoms with Crippen molar-refractivity contribution >= 4 is 5.82 Å². The average molecular weight is 136 g/mol. The molecular weight excluding hydrogens is 124 g/mol. The lowest BCUT2D eigenvalue weighted by Gasteiger charge is -1.98. The smallest absolute Gasteiger partial charge is 0.106 e. The number of aryl methyl sites for hydroxylation is 1. The second-order valence-corrected chi connectivity index (χ2v) is 2.76. The van der Waals surface area contributed by atoms with Gasteiger partial charge >= 0.3 is 0 Å². The van der Waals surface area contributed by atoms with Gasteiger partial charge in [-0.2, -0.15) is 0 Å². The van der Waals surface area contributed by atoms with Crippen molar-refractivity contribution < 1.29 is 0 Å². The minimum atomic E-state index is 1.12. The summed E-state index contributed by atoms with van der Waals surface area (Å²) < 4.78 is 0. The first-order valence-electron chi connectivity index (χ1n) is 3.87. The number of rotatable bonds is 0. The topological polar surface area (TPSA) is 27.8 Å². The van der Waals surface area contributed by atoms with E-state index in [0.29, 0.717) is 0 Å². The van der Waals surface area contributed by atoms with Crippen molar-refractivity contribution in [2.45, 2.75) is 19.3 Å². The molecule has 0 saturated carbocycles. The Kier molecular flexibility index (Phi) is 1.38. The largest absolute Gasteiger partial charge is 0.371 e. The van der Waals surface area contributed by atoms with E-state index in [1.54, 1.807) is 0 Å². The van der Waals surface area contributed by atoms with Crippen molar-refractivity contribution in [1.29, 1.82) is 0 Å². The molecular formula is C8H12N2. The Hall–Kier alpha value is -0.920. The van der Waals surface area contributed by atoms with Crippen molar-refractivity contribution in [2.24, 2.45) is 0 Å². The summed E-state index contributed by atoms with van der Waals surface area (Å²) >= 11 is 0. The SMILES string of the molecule is c1cc2c([nH]1)NCCCC2. The van der Waals surface area contributed by atoms with Crippen LogP contribution in [-0.4, -0.2) is 11.5 Å². The van der Waals surface area contributed by atoms with Crippen molar-refractivity contribution in [1.82, 2.24) is 4.98 Å². The predicted molar refractivity (Wildman–Crippen MR) is 42.2 cm³/mol. The number of aromatic amines is 1. The van der Waals surface area contributed by atoms with Crippen LogP contribution in [0.4, 0.5) is 5.82 Å². The van der Waals surface area contributed by atoms with Crippen LogP contribution in [0.3, 0.4) is 0 Å². The number of hydrogen-bond donors (Lipinski definition) is 2. The van der Waals surface area contributed by atoms with Crippen molar-refractivity contribution in [3.8, 4) is 0 Å². The van der Waals surface area contributed by atoms with Gasteiger partial charge in [-0.25, -0.2) is 0 Å². The number of nitrogens with one attached hydrogen (secondary N) is 2. The Balaban J connectivity index is 2.28. The Morgan fingerprint density at radius 1 is 1.30 bits per heavy atom. The molecule has 1 aromatic rings. The normalized spacial score (nSPS) is 17.2. The molecule has 1 aromatic heterocycles. The fourth-order valence-electron chi connectivity index (χ4n) is 1.43. The highest BCUT2D eigenvalue weighted by Crippen LogP contribution is 2.18. The van der Waals surface area contributed by atoms with E-state index < -0.39 is 0 Å². The van der Waals surface area contributed by atoms with Crippen LogP contribution in [0.2, 0.25) is 0 Å². The molecule has 0 radical (unpaired) electrons. The lowest BCUT2D eigenvalue weighted by Crippen LogP contribution is -1.98. The minimum Gasteiger partial charge on any atom is -0.371 e. The van der Waals surface area contributed by atoms with E-state index in [1.807, 2.05) is 6.20 Å². The molecule has 2 N–H and O–H groups in total. The molecule has 0 saturated heterocycles. The van der Waals surface area contributed by atoms with E-state index >= 15 is 0 Å². The summed E-state index contributed by atoms with van der Waals surface area (Å²) in [5, 5.41) is 3.35. The van der Waals surface area contributed by atoms with Gasteiger partial charge in [0.1, 0.15) is 5.82 Å². The predicted octanol–water partition coefficient (Wildman–Crippen LogP) is 1.76. The Morgan fingerprint density at radius 3 is 3.30 bits per heavy atom. The third-order valence-corrected chi connectivity index (χ3v) is 2.01. The molecule has 0 bridgehead atoms. The van der Waals surface area contributed by atoms with Crippen LogP contribution in [0, 0.1) is 0 Å². The third kappa shape index (κ3) is 0.897. The Labute approximate surface area is 60.6 Å². The zero-order valence-corrected chi connectivity index (χ0v) is 5.98. The first kappa shape index (κ1) is 5.83. The van der Waals surface area contributed by atoms with E-state index in [0.717, 1.165) is 6.54 Å². The van der Waals surface area contributed by atoms with Crippen molar-refractivity contribution in [2.75, 3.05) is 11.9 Å². The summed E-state index contributed by atoms with van der Waals surface area (Å²) in [6.07, 6.45) is 5.84. The molecule has 0 spiro atoms. The maximum absolute atomic E-state index is 3.35. The average Bonchev–Trinajstić information content (AvgIpc) is 2.28. The Morgan fingerprint density at radius 2 is 2.30 bits per heavy atom. The van der Waals surface area contributed by atoms with E-state index in [2.05, 4.69) is 16.4 Å². The van der Waals surface area contributed by atoms with E-state index in [1.165, 1.54) is 30.6 Å². The molecule has 10 heavy (non-hydrogen) atoms. The highest BCUT2D eigenvalue weighted by Gasteiger charge is 2.05. The number of hydrogen-bond acceptors (Lipinski definition) is 1. The van der Waals surface area contributed by atoms with Gasteiger partial charge in [-0.15, -0.1) is 0 Å². The molecule has 1 aliphatic rings. The molecule has 2 heterocycles. The lowest BCUT2D eigenvalue weighted by atomic mass is 10.2. The second-order valence-electron chi connectivity index (χ2n) is 2.76. The van der Waals surface area contributed by atoms with Gasteiger partial charge in [0.05, 0.1) is 0 Å². The van der Waals surface area contributed by atoms with Crippen LogP contribution < -0.4 is 5.32 Å². The molecule has 54 valence electrons. The summed E-state index contributed by atoms with van der Waals surface area (Å²) in [7, 11) is 0. The van der Waals surface area contributed by atoms with Gasteiger partial charge in [0.25, 0.3) is 0 Å². The van der Waals surface area contributed by atoms with Crippen LogP contribution in [0.25, 0.3) is 0 Å². The second kappa shape index (κ2) is 2.37. The maximum atomic E-state index is 3.35. The quantitative estimate of drug-likeness (QED) is 0.559. The van der Waals surface area contributed by atoms with E-state index in [-0.39, 0.29) is 0 Å².